The third-order valence-corrected chi connectivity index (χ3v) is 5.05. The number of fused-ring (bicyclic) bond motifs is 1. The summed E-state index contributed by atoms with van der Waals surface area (Å²) < 4.78 is 67.1. The highest BCUT2D eigenvalue weighted by Crippen LogP contribution is 2.29. The van der Waals surface area contributed by atoms with Gasteiger partial charge in [-0.15, -0.1) is 13.2 Å². The van der Waals surface area contributed by atoms with Gasteiger partial charge in [-0.05, 0) is 38.8 Å². The number of benzene rings is 1. The van der Waals surface area contributed by atoms with Gasteiger partial charge < -0.3 is 10.2 Å². The number of alkyl halides is 5. The van der Waals surface area contributed by atoms with Crippen LogP contribution in [0.4, 0.5) is 27.8 Å². The molecule has 0 aliphatic carbocycles. The van der Waals surface area contributed by atoms with E-state index >= 15 is 0 Å². The molecular weight excluding hydrogens is 411 g/mol. The maximum atomic E-state index is 12.9. The fraction of sp³-hybridized carbons (Fsp3) is 0.526. The van der Waals surface area contributed by atoms with Crippen LogP contribution in [0.1, 0.15) is 38.7 Å². The van der Waals surface area contributed by atoms with E-state index in [-0.39, 0.29) is 30.9 Å². The molecule has 0 spiro atoms. The van der Waals surface area contributed by atoms with Crippen molar-refractivity contribution in [2.24, 2.45) is 0 Å². The summed E-state index contributed by atoms with van der Waals surface area (Å²) in [7, 11) is 0. The number of aromatic nitrogens is 2. The van der Waals surface area contributed by atoms with Crippen LogP contribution in [0.2, 0.25) is 0 Å². The predicted molar refractivity (Wildman–Crippen MR) is 98.9 cm³/mol. The van der Waals surface area contributed by atoms with E-state index in [4.69, 9.17) is 0 Å². The van der Waals surface area contributed by atoms with Crippen molar-refractivity contribution in [1.29, 1.82) is 0 Å². The molecule has 1 saturated heterocycles. The van der Waals surface area contributed by atoms with Gasteiger partial charge in [0.1, 0.15) is 18.2 Å². The first-order chi connectivity index (χ1) is 14.0. The molecule has 2 heterocycles. The zero-order chi connectivity index (χ0) is 22.1. The van der Waals surface area contributed by atoms with E-state index in [0.29, 0.717) is 16.7 Å². The van der Waals surface area contributed by atoms with Gasteiger partial charge in [-0.1, -0.05) is 6.07 Å². The Morgan fingerprint density at radius 1 is 1.30 bits per heavy atom. The van der Waals surface area contributed by atoms with Crippen molar-refractivity contribution in [2.75, 3.05) is 11.9 Å². The zero-order valence-corrected chi connectivity index (χ0v) is 16.3. The van der Waals surface area contributed by atoms with Crippen LogP contribution in [0.3, 0.4) is 0 Å². The number of piperidine rings is 1. The van der Waals surface area contributed by atoms with Gasteiger partial charge in [0.05, 0.1) is 11.6 Å². The molecule has 1 aliphatic rings. The van der Waals surface area contributed by atoms with Gasteiger partial charge in [0.25, 0.3) is 6.43 Å². The van der Waals surface area contributed by atoms with Crippen LogP contribution in [-0.4, -0.2) is 51.9 Å². The quantitative estimate of drug-likeness (QED) is 0.715. The molecule has 1 aliphatic heterocycles. The Bertz CT molecular complexity index is 908. The third-order valence-electron chi connectivity index (χ3n) is 5.05. The maximum Gasteiger partial charge on any atom is 0.522 e. The number of amides is 1. The van der Waals surface area contributed by atoms with Gasteiger partial charge in [0.15, 0.2) is 0 Å². The van der Waals surface area contributed by atoms with Crippen LogP contribution in [0.15, 0.2) is 24.5 Å². The number of carbonyl (C=O) groups is 1. The van der Waals surface area contributed by atoms with Crippen LogP contribution in [0.5, 0.6) is 0 Å². The van der Waals surface area contributed by atoms with Gasteiger partial charge in [0.2, 0.25) is 5.91 Å². The second-order valence-corrected chi connectivity index (χ2v) is 7.26. The van der Waals surface area contributed by atoms with E-state index in [9.17, 15) is 26.7 Å². The van der Waals surface area contributed by atoms with Crippen molar-refractivity contribution in [1.82, 2.24) is 14.9 Å². The number of ether oxygens (including phenoxy) is 1. The minimum atomic E-state index is -4.70. The summed E-state index contributed by atoms with van der Waals surface area (Å²) in [6, 6.07) is 2.81. The summed E-state index contributed by atoms with van der Waals surface area (Å²) in [6.45, 7) is 3.41. The van der Waals surface area contributed by atoms with Crippen molar-refractivity contribution >= 4 is 22.6 Å². The van der Waals surface area contributed by atoms with Gasteiger partial charge in [0, 0.05) is 23.5 Å². The van der Waals surface area contributed by atoms with Crippen LogP contribution in [0, 0.1) is 0 Å². The number of carbonyl (C=O) groups excluding carboxylic acids is 1. The minimum Gasteiger partial charge on any atom is -0.358 e. The molecule has 0 unspecified atom stereocenters. The van der Waals surface area contributed by atoms with Crippen LogP contribution in [-0.2, 0) is 9.53 Å². The second kappa shape index (κ2) is 8.66. The largest absolute Gasteiger partial charge is 0.522 e. The number of anilines is 1. The highest BCUT2D eigenvalue weighted by molar-refractivity contribution is 5.92. The summed E-state index contributed by atoms with van der Waals surface area (Å²) in [5.41, 5.74) is 0.137. The molecular formula is C19H21F5N4O2. The molecule has 1 aromatic carbocycles. The van der Waals surface area contributed by atoms with E-state index in [1.165, 1.54) is 29.4 Å². The summed E-state index contributed by atoms with van der Waals surface area (Å²) >= 11 is 0. The first-order valence-corrected chi connectivity index (χ1v) is 9.39. The molecule has 1 N–H and O–H groups in total. The van der Waals surface area contributed by atoms with Gasteiger partial charge in [-0.25, -0.2) is 18.7 Å². The first kappa shape index (κ1) is 22.1. The molecule has 3 atom stereocenters. The van der Waals surface area contributed by atoms with Gasteiger partial charge in [-0.3, -0.25) is 9.53 Å². The molecule has 2 aromatic rings. The lowest BCUT2D eigenvalue weighted by atomic mass is 9.99. The number of halogens is 5. The SMILES string of the molecule is C[C@@H]1C[C@H](OC(F)(F)F)CCN1C(=O)[C@@H](C)Nc1ncnc2cc(C(F)F)ccc12. The predicted octanol–water partition coefficient (Wildman–Crippen LogP) is 4.28. The molecule has 11 heteroatoms. The Kier molecular flexibility index (Phi) is 6.39. The highest BCUT2D eigenvalue weighted by Gasteiger charge is 2.38. The number of hydrogen-bond donors (Lipinski definition) is 1. The van der Waals surface area contributed by atoms with Crippen LogP contribution < -0.4 is 5.32 Å². The molecule has 0 radical (unpaired) electrons. The lowest BCUT2D eigenvalue weighted by molar-refractivity contribution is -0.346. The van der Waals surface area contributed by atoms with Gasteiger partial charge in [-0.2, -0.15) is 0 Å². The highest BCUT2D eigenvalue weighted by atomic mass is 19.4. The van der Waals surface area contributed by atoms with Crippen LogP contribution in [0.25, 0.3) is 10.9 Å². The molecule has 30 heavy (non-hydrogen) atoms. The monoisotopic (exact) mass is 432 g/mol. The number of nitrogens with zero attached hydrogens (tertiary/aromatic N) is 3. The summed E-state index contributed by atoms with van der Waals surface area (Å²) in [5.74, 6) is 0.00790. The topological polar surface area (TPSA) is 67.3 Å². The summed E-state index contributed by atoms with van der Waals surface area (Å²) in [4.78, 5) is 22.4. The van der Waals surface area contributed by atoms with Gasteiger partial charge >= 0.3 is 6.36 Å². The van der Waals surface area contributed by atoms with E-state index in [1.807, 2.05) is 0 Å². The number of nitrogens with one attached hydrogen (secondary N) is 1. The Hall–Kier alpha value is -2.56. The molecule has 1 amide bonds. The molecule has 0 bridgehead atoms. The lowest BCUT2D eigenvalue weighted by Gasteiger charge is -2.39. The van der Waals surface area contributed by atoms with Crippen molar-refractivity contribution in [2.45, 2.75) is 57.7 Å². The molecule has 164 valence electrons. The smallest absolute Gasteiger partial charge is 0.358 e. The Morgan fingerprint density at radius 2 is 2.03 bits per heavy atom. The Morgan fingerprint density at radius 3 is 2.67 bits per heavy atom. The minimum absolute atomic E-state index is 0.0742. The lowest BCUT2D eigenvalue weighted by Crippen LogP contribution is -2.51. The summed E-state index contributed by atoms with van der Waals surface area (Å²) in [6.07, 6.45) is -6.96. The standard InChI is InChI=1S/C19H21F5N4O2/c1-10-7-13(30-19(22,23)24)5-6-28(10)18(29)11(2)27-17-14-4-3-12(16(20)21)8-15(14)25-9-26-17/h3-4,8-11,13,16H,5-7H2,1-2H3,(H,25,26,27)/t10-,11-,13-/m1/s1. The number of likely N-dealkylation sites (tertiary alicyclic amines) is 1. The first-order valence-electron chi connectivity index (χ1n) is 9.39. The average Bonchev–Trinajstić information content (AvgIpc) is 2.66. The van der Waals surface area contributed by atoms with E-state index in [2.05, 4.69) is 20.0 Å². The summed E-state index contributed by atoms with van der Waals surface area (Å²) in [5, 5.41) is 3.44. The van der Waals surface area contributed by atoms with Crippen molar-refractivity contribution in [3.05, 3.63) is 30.1 Å². The average molecular weight is 432 g/mol. The van der Waals surface area contributed by atoms with Crippen molar-refractivity contribution < 1.29 is 31.5 Å². The van der Waals surface area contributed by atoms with E-state index in [0.717, 1.165) is 0 Å². The molecule has 1 aromatic heterocycles. The van der Waals surface area contributed by atoms with Crippen molar-refractivity contribution in [3.8, 4) is 0 Å². The second-order valence-electron chi connectivity index (χ2n) is 7.26. The number of hydrogen-bond acceptors (Lipinski definition) is 5. The molecule has 6 nitrogen and oxygen atoms in total. The Labute approximate surface area is 169 Å². The van der Waals surface area contributed by atoms with Crippen LogP contribution >= 0.6 is 0 Å². The zero-order valence-electron chi connectivity index (χ0n) is 16.3. The third kappa shape index (κ3) is 5.13. The fourth-order valence-corrected chi connectivity index (χ4v) is 3.59. The molecule has 0 saturated carbocycles. The van der Waals surface area contributed by atoms with E-state index in [1.54, 1.807) is 13.8 Å². The number of rotatable bonds is 5. The molecule has 1 fully saturated rings. The van der Waals surface area contributed by atoms with E-state index < -0.39 is 31.0 Å². The Balaban J connectivity index is 1.69. The maximum absolute atomic E-state index is 12.9. The fourth-order valence-electron chi connectivity index (χ4n) is 3.59. The van der Waals surface area contributed by atoms with Crippen molar-refractivity contribution in [3.63, 3.8) is 0 Å². The molecule has 3 rings (SSSR count). The normalized spacial score (nSPS) is 21.1.